The lowest BCUT2D eigenvalue weighted by Gasteiger charge is -2.44. The van der Waals surface area contributed by atoms with Crippen LogP contribution in [0.5, 0.6) is 0 Å². The second-order valence-electron chi connectivity index (χ2n) is 11.6. The molecule has 1 aliphatic rings. The summed E-state index contributed by atoms with van der Waals surface area (Å²) in [7, 11) is -2.75. The Morgan fingerprint density at radius 2 is 1.46 bits per heavy atom. The summed E-state index contributed by atoms with van der Waals surface area (Å²) in [5.74, 6) is 0. The van der Waals surface area contributed by atoms with Crippen molar-refractivity contribution in [1.82, 2.24) is 9.88 Å². The average Bonchev–Trinajstić information content (AvgIpc) is 3.29. The molecule has 1 aromatic heterocycles. The minimum absolute atomic E-state index is 0.154. The summed E-state index contributed by atoms with van der Waals surface area (Å²) in [4.78, 5) is 19.6. The fraction of sp³-hybridized carbons (Fsp3) is 0.355. The fourth-order valence-electron chi connectivity index (χ4n) is 5.03. The molecule has 4 rings (SSSR count). The first-order valence-electron chi connectivity index (χ1n) is 12.9. The Balaban J connectivity index is 1.74. The third kappa shape index (κ3) is 5.86. The van der Waals surface area contributed by atoms with Crippen molar-refractivity contribution < 1.29 is 14.0 Å². The van der Waals surface area contributed by atoms with E-state index in [1.165, 1.54) is 10.4 Å². The van der Waals surface area contributed by atoms with E-state index in [0.717, 1.165) is 11.3 Å². The van der Waals surface area contributed by atoms with Crippen LogP contribution >= 0.6 is 0 Å². The van der Waals surface area contributed by atoms with E-state index in [9.17, 15) is 4.79 Å². The molecule has 0 radical (unpaired) electrons. The Labute approximate surface area is 222 Å². The third-order valence-corrected chi connectivity index (χ3v) is 11.6. The number of hydrogen-bond donors (Lipinski definition) is 0. The minimum atomic E-state index is -2.75. The Morgan fingerprint density at radius 1 is 0.892 bits per heavy atom. The zero-order valence-electron chi connectivity index (χ0n) is 22.8. The number of rotatable bonds is 6. The van der Waals surface area contributed by atoms with Gasteiger partial charge in [-0.25, -0.2) is 4.79 Å². The number of carbonyl (C=O) groups excluding carboxylic acids is 1. The van der Waals surface area contributed by atoms with Crippen molar-refractivity contribution in [2.45, 2.75) is 58.2 Å². The van der Waals surface area contributed by atoms with Crippen molar-refractivity contribution in [1.29, 1.82) is 0 Å². The molecule has 2 heterocycles. The zero-order valence-corrected chi connectivity index (χ0v) is 23.8. The highest BCUT2D eigenvalue weighted by atomic mass is 28.4. The van der Waals surface area contributed by atoms with Crippen LogP contribution in [0.1, 0.15) is 47.2 Å². The maximum Gasteiger partial charge on any atom is 0.411 e. The van der Waals surface area contributed by atoms with Gasteiger partial charge >= 0.3 is 6.09 Å². The molecule has 0 unspecified atom stereocenters. The van der Waals surface area contributed by atoms with Crippen LogP contribution in [0.15, 0.2) is 91.1 Å². The van der Waals surface area contributed by atoms with Gasteiger partial charge in [0.1, 0.15) is 5.60 Å². The first-order chi connectivity index (χ1) is 17.5. The summed E-state index contributed by atoms with van der Waals surface area (Å²) in [6, 6.07) is 26.7. The molecule has 0 N–H and O–H groups in total. The number of hydrogen-bond acceptors (Lipinski definition) is 4. The molecule has 37 heavy (non-hydrogen) atoms. The molecule has 1 atom stereocenters. The molecule has 3 aromatic rings. The maximum absolute atomic E-state index is 13.3. The van der Waals surface area contributed by atoms with Gasteiger partial charge in [0.05, 0.1) is 24.9 Å². The number of aromatic nitrogens is 1. The number of carbonyl (C=O) groups is 1. The molecule has 5 nitrogen and oxygen atoms in total. The highest BCUT2D eigenvalue weighted by Gasteiger charge is 2.51. The van der Waals surface area contributed by atoms with Crippen LogP contribution in [-0.4, -0.2) is 49.1 Å². The van der Waals surface area contributed by atoms with Crippen LogP contribution in [0.4, 0.5) is 4.79 Å². The monoisotopic (exact) mass is 514 g/mol. The average molecular weight is 515 g/mol. The van der Waals surface area contributed by atoms with Gasteiger partial charge in [0, 0.05) is 6.20 Å². The molecule has 0 saturated carbocycles. The van der Waals surface area contributed by atoms with E-state index in [4.69, 9.17) is 9.16 Å². The smallest absolute Gasteiger partial charge is 0.411 e. The van der Waals surface area contributed by atoms with Crippen LogP contribution in [0.25, 0.3) is 5.57 Å². The Hall–Kier alpha value is -3.22. The number of nitrogens with zero attached hydrogens (tertiary/aromatic N) is 2. The van der Waals surface area contributed by atoms with Crippen molar-refractivity contribution in [2.24, 2.45) is 0 Å². The summed E-state index contributed by atoms with van der Waals surface area (Å²) in [6.45, 7) is 13.2. The van der Waals surface area contributed by atoms with Crippen LogP contribution < -0.4 is 10.4 Å². The number of pyridine rings is 1. The largest absolute Gasteiger partial charge is 0.444 e. The molecular weight excluding hydrogens is 476 g/mol. The predicted octanol–water partition coefficient (Wildman–Crippen LogP) is 5.66. The van der Waals surface area contributed by atoms with Crippen LogP contribution in [-0.2, 0) is 9.16 Å². The van der Waals surface area contributed by atoms with Crippen LogP contribution in [0.3, 0.4) is 0 Å². The van der Waals surface area contributed by atoms with E-state index in [-0.39, 0.29) is 17.2 Å². The van der Waals surface area contributed by atoms with Crippen LogP contribution in [0.2, 0.25) is 5.04 Å². The van der Waals surface area contributed by atoms with E-state index in [0.29, 0.717) is 13.2 Å². The summed E-state index contributed by atoms with van der Waals surface area (Å²) in [5.41, 5.74) is 1.28. The molecule has 2 aromatic carbocycles. The normalized spacial score (nSPS) is 16.4. The molecule has 1 amide bonds. The van der Waals surface area contributed by atoms with Gasteiger partial charge in [-0.1, -0.05) is 93.6 Å². The summed E-state index contributed by atoms with van der Waals surface area (Å²) in [6.07, 6.45) is 3.55. The van der Waals surface area contributed by atoms with Gasteiger partial charge in [0.2, 0.25) is 0 Å². The lowest BCUT2D eigenvalue weighted by Crippen LogP contribution is -2.67. The fourth-order valence-corrected chi connectivity index (χ4v) is 9.60. The SMILES string of the molecule is CC(C)(C)OC(=O)N1CC(c2ccccn2)=C[C@H]1CO[Si](c1ccccc1)(c1ccccc1)C(C)(C)C. The first-order valence-corrected chi connectivity index (χ1v) is 14.8. The van der Waals surface area contributed by atoms with Gasteiger partial charge < -0.3 is 9.16 Å². The number of ether oxygens (including phenoxy) is 1. The van der Waals surface area contributed by atoms with Crippen LogP contribution in [0, 0.1) is 0 Å². The maximum atomic E-state index is 13.3. The van der Waals surface area contributed by atoms with Gasteiger partial charge in [-0.15, -0.1) is 0 Å². The Morgan fingerprint density at radius 3 is 1.95 bits per heavy atom. The standard InChI is InChI=1S/C31H38N2O3Si/c1-30(2,3)36-29(34)33-22-24(28-19-13-14-20-32-28)21-25(33)23-35-37(31(4,5)6,26-15-9-7-10-16-26)27-17-11-8-12-18-27/h7-21,25H,22-23H2,1-6H3/t25-/m0/s1. The van der Waals surface area contributed by atoms with Crippen molar-refractivity contribution in [3.63, 3.8) is 0 Å². The predicted molar refractivity (Wildman–Crippen MR) is 153 cm³/mol. The van der Waals surface area contributed by atoms with E-state index in [2.05, 4.69) is 80.4 Å². The Bertz CT molecular complexity index is 1180. The molecule has 0 spiro atoms. The highest BCUT2D eigenvalue weighted by Crippen LogP contribution is 2.37. The lowest BCUT2D eigenvalue weighted by atomic mass is 10.1. The second kappa shape index (κ2) is 10.6. The molecular formula is C31H38N2O3Si. The van der Waals surface area contributed by atoms with E-state index in [1.54, 1.807) is 11.1 Å². The van der Waals surface area contributed by atoms with Crippen molar-refractivity contribution in [2.75, 3.05) is 13.2 Å². The van der Waals surface area contributed by atoms with Gasteiger partial charge in [-0.3, -0.25) is 9.88 Å². The second-order valence-corrected chi connectivity index (χ2v) is 15.9. The molecule has 0 aliphatic carbocycles. The quantitative estimate of drug-likeness (QED) is 0.398. The van der Waals surface area contributed by atoms with Gasteiger partial charge in [-0.2, -0.15) is 0 Å². The zero-order chi connectivity index (χ0) is 26.7. The lowest BCUT2D eigenvalue weighted by molar-refractivity contribution is 0.0207. The molecule has 1 aliphatic heterocycles. The number of amides is 1. The van der Waals surface area contributed by atoms with Crippen molar-refractivity contribution in [3.8, 4) is 0 Å². The van der Waals surface area contributed by atoms with Crippen molar-refractivity contribution >= 4 is 30.4 Å². The van der Waals surface area contributed by atoms with Crippen molar-refractivity contribution in [3.05, 3.63) is 96.8 Å². The summed E-state index contributed by atoms with van der Waals surface area (Å²) >= 11 is 0. The van der Waals surface area contributed by atoms with E-state index < -0.39 is 13.9 Å². The molecule has 0 bridgehead atoms. The van der Waals surface area contributed by atoms with E-state index in [1.807, 2.05) is 51.1 Å². The first kappa shape index (κ1) is 26.8. The Kier molecular flexibility index (Phi) is 7.71. The van der Waals surface area contributed by atoms with Gasteiger partial charge in [0.25, 0.3) is 8.32 Å². The molecule has 0 fully saturated rings. The topological polar surface area (TPSA) is 51.7 Å². The van der Waals surface area contributed by atoms with Gasteiger partial charge in [-0.05, 0) is 53.9 Å². The number of benzene rings is 2. The summed E-state index contributed by atoms with van der Waals surface area (Å²) in [5, 5.41) is 2.27. The third-order valence-electron chi connectivity index (χ3n) is 6.64. The highest BCUT2D eigenvalue weighted by molar-refractivity contribution is 6.99. The van der Waals surface area contributed by atoms with Gasteiger partial charge in [0.15, 0.2) is 0 Å². The minimum Gasteiger partial charge on any atom is -0.444 e. The molecule has 0 saturated heterocycles. The molecule has 6 heteroatoms. The van der Waals surface area contributed by atoms with E-state index >= 15 is 0 Å². The summed E-state index contributed by atoms with van der Waals surface area (Å²) < 4.78 is 13.0. The molecule has 194 valence electrons.